The minimum absolute atomic E-state index is 0.673. The van der Waals surface area contributed by atoms with Crippen molar-refractivity contribution in [2.75, 3.05) is 33.4 Å². The van der Waals surface area contributed by atoms with E-state index in [9.17, 15) is 0 Å². The first-order chi connectivity index (χ1) is 10.8. The van der Waals surface area contributed by atoms with Crippen molar-refractivity contribution < 1.29 is 4.74 Å². The molecule has 1 saturated heterocycles. The summed E-state index contributed by atoms with van der Waals surface area (Å²) in [5, 5.41) is 3.74. The maximum absolute atomic E-state index is 5.58. The summed E-state index contributed by atoms with van der Waals surface area (Å²) in [6.45, 7) is 6.02. The number of hydrogen-bond acceptors (Lipinski definition) is 2. The minimum atomic E-state index is 0.673. The fraction of sp³-hybridized carbons (Fsp3) is 0.944. The number of nitrogens with one attached hydrogen (secondary N) is 1. The second-order valence-electron chi connectivity index (χ2n) is 7.36. The van der Waals surface area contributed by atoms with Crippen LogP contribution in [0.3, 0.4) is 0 Å². The van der Waals surface area contributed by atoms with E-state index in [0.29, 0.717) is 12.0 Å². The van der Waals surface area contributed by atoms with Crippen LogP contribution in [0, 0.1) is 17.8 Å². The van der Waals surface area contributed by atoms with Gasteiger partial charge in [-0.25, -0.2) is 0 Å². The van der Waals surface area contributed by atoms with Gasteiger partial charge in [-0.1, -0.05) is 32.1 Å². The van der Waals surface area contributed by atoms with Gasteiger partial charge >= 0.3 is 0 Å². The second-order valence-corrected chi connectivity index (χ2v) is 7.36. The van der Waals surface area contributed by atoms with E-state index in [0.717, 1.165) is 44.1 Å². The summed E-state index contributed by atoms with van der Waals surface area (Å²) in [5.74, 6) is 3.70. The fourth-order valence-electron chi connectivity index (χ4n) is 4.37. The molecule has 3 unspecified atom stereocenters. The Kier molecular flexibility index (Phi) is 5.61. The Balaban J connectivity index is 1.43. The first-order valence-corrected chi connectivity index (χ1v) is 9.37. The number of guanidine groups is 1. The number of rotatable bonds is 5. The smallest absolute Gasteiger partial charge is 0.193 e. The summed E-state index contributed by atoms with van der Waals surface area (Å²) in [5.41, 5.74) is 0. The van der Waals surface area contributed by atoms with Gasteiger partial charge in [-0.15, -0.1) is 0 Å². The molecule has 0 bridgehead atoms. The van der Waals surface area contributed by atoms with E-state index in [1.165, 1.54) is 44.9 Å². The van der Waals surface area contributed by atoms with Crippen LogP contribution in [0.15, 0.2) is 4.99 Å². The van der Waals surface area contributed by atoms with E-state index in [1.807, 2.05) is 7.05 Å². The van der Waals surface area contributed by atoms with Crippen molar-refractivity contribution >= 4 is 5.96 Å². The van der Waals surface area contributed by atoms with Crippen LogP contribution >= 0.6 is 0 Å². The van der Waals surface area contributed by atoms with Gasteiger partial charge in [0.2, 0.25) is 0 Å². The number of hydrogen-bond donors (Lipinski definition) is 1. The monoisotopic (exact) mass is 307 g/mol. The third-order valence-electron chi connectivity index (χ3n) is 5.76. The molecule has 0 radical (unpaired) electrons. The van der Waals surface area contributed by atoms with Crippen LogP contribution < -0.4 is 5.32 Å². The SMILES string of the molecule is CCOCC1CCN(C(=NC)NC2CC2C2CCCCC2)C1. The standard InChI is InChI=1S/C18H33N3O/c1-3-22-13-14-9-10-21(12-14)18(19-2)20-17-11-16(17)15-7-5-4-6-8-15/h14-17H,3-13H2,1-2H3,(H,19,20). The number of ether oxygens (including phenoxy) is 1. The third kappa shape index (κ3) is 3.95. The highest BCUT2D eigenvalue weighted by atomic mass is 16.5. The maximum atomic E-state index is 5.58. The van der Waals surface area contributed by atoms with Crippen LogP contribution in [-0.2, 0) is 4.74 Å². The Hall–Kier alpha value is -0.770. The molecule has 0 spiro atoms. The van der Waals surface area contributed by atoms with Gasteiger partial charge < -0.3 is 15.0 Å². The third-order valence-corrected chi connectivity index (χ3v) is 5.76. The zero-order valence-electron chi connectivity index (χ0n) is 14.4. The molecular formula is C18H33N3O. The van der Waals surface area contributed by atoms with Crippen LogP contribution in [0.2, 0.25) is 0 Å². The van der Waals surface area contributed by atoms with Crippen molar-refractivity contribution in [2.24, 2.45) is 22.7 Å². The van der Waals surface area contributed by atoms with E-state index in [2.05, 4.69) is 22.1 Å². The van der Waals surface area contributed by atoms with Crippen molar-refractivity contribution in [3.05, 3.63) is 0 Å². The molecule has 22 heavy (non-hydrogen) atoms. The maximum Gasteiger partial charge on any atom is 0.193 e. The Morgan fingerprint density at radius 2 is 2.05 bits per heavy atom. The minimum Gasteiger partial charge on any atom is -0.381 e. The summed E-state index contributed by atoms with van der Waals surface area (Å²) in [6.07, 6.45) is 9.88. The predicted molar refractivity (Wildman–Crippen MR) is 91.1 cm³/mol. The first kappa shape index (κ1) is 16.1. The van der Waals surface area contributed by atoms with Gasteiger partial charge in [0.05, 0.1) is 6.61 Å². The highest BCUT2D eigenvalue weighted by molar-refractivity contribution is 5.80. The fourth-order valence-corrected chi connectivity index (χ4v) is 4.37. The highest BCUT2D eigenvalue weighted by Crippen LogP contribution is 2.44. The lowest BCUT2D eigenvalue weighted by atomic mass is 9.85. The summed E-state index contributed by atoms with van der Waals surface area (Å²) >= 11 is 0. The van der Waals surface area contributed by atoms with Crippen molar-refractivity contribution in [1.29, 1.82) is 0 Å². The Bertz CT molecular complexity index is 379. The van der Waals surface area contributed by atoms with Crippen LogP contribution in [0.4, 0.5) is 0 Å². The summed E-state index contributed by atoms with van der Waals surface area (Å²) < 4.78 is 5.58. The predicted octanol–water partition coefficient (Wildman–Crippen LogP) is 2.89. The Morgan fingerprint density at radius 1 is 1.23 bits per heavy atom. The van der Waals surface area contributed by atoms with Crippen molar-refractivity contribution in [1.82, 2.24) is 10.2 Å². The molecule has 4 nitrogen and oxygen atoms in total. The van der Waals surface area contributed by atoms with Crippen LogP contribution in [-0.4, -0.2) is 50.3 Å². The molecule has 0 aromatic rings. The molecule has 1 aliphatic heterocycles. The molecule has 3 aliphatic rings. The summed E-state index contributed by atoms with van der Waals surface area (Å²) in [7, 11) is 1.93. The first-order valence-electron chi connectivity index (χ1n) is 9.37. The zero-order valence-corrected chi connectivity index (χ0v) is 14.4. The van der Waals surface area contributed by atoms with Gasteiger partial charge in [-0.2, -0.15) is 0 Å². The van der Waals surface area contributed by atoms with Gasteiger partial charge in [0, 0.05) is 38.7 Å². The largest absolute Gasteiger partial charge is 0.381 e. The van der Waals surface area contributed by atoms with E-state index < -0.39 is 0 Å². The topological polar surface area (TPSA) is 36.9 Å². The Labute approximate surface area is 135 Å². The van der Waals surface area contributed by atoms with Crippen molar-refractivity contribution in [3.8, 4) is 0 Å². The van der Waals surface area contributed by atoms with Gasteiger partial charge in [-0.3, -0.25) is 4.99 Å². The molecular weight excluding hydrogens is 274 g/mol. The van der Waals surface area contributed by atoms with E-state index >= 15 is 0 Å². The highest BCUT2D eigenvalue weighted by Gasteiger charge is 2.44. The van der Waals surface area contributed by atoms with Crippen LogP contribution in [0.5, 0.6) is 0 Å². The molecule has 2 saturated carbocycles. The molecule has 3 atom stereocenters. The van der Waals surface area contributed by atoms with E-state index in [-0.39, 0.29) is 0 Å². The van der Waals surface area contributed by atoms with Crippen LogP contribution in [0.25, 0.3) is 0 Å². The average molecular weight is 307 g/mol. The molecule has 126 valence electrons. The average Bonchev–Trinajstić information content (AvgIpc) is 3.18. The normalized spacial score (nSPS) is 33.3. The number of nitrogens with zero attached hydrogens (tertiary/aromatic N) is 2. The van der Waals surface area contributed by atoms with Crippen molar-refractivity contribution in [2.45, 2.75) is 57.9 Å². The van der Waals surface area contributed by atoms with E-state index in [1.54, 1.807) is 0 Å². The van der Waals surface area contributed by atoms with Gasteiger partial charge in [0.25, 0.3) is 0 Å². The summed E-state index contributed by atoms with van der Waals surface area (Å²) in [6, 6.07) is 0.688. The lowest BCUT2D eigenvalue weighted by Gasteiger charge is -2.24. The van der Waals surface area contributed by atoms with Gasteiger partial charge in [0.1, 0.15) is 0 Å². The molecule has 4 heteroatoms. The molecule has 1 heterocycles. The lowest BCUT2D eigenvalue weighted by molar-refractivity contribution is 0.114. The molecule has 0 aromatic carbocycles. The molecule has 2 aliphatic carbocycles. The molecule has 0 amide bonds. The Morgan fingerprint density at radius 3 is 2.77 bits per heavy atom. The molecule has 3 rings (SSSR count). The lowest BCUT2D eigenvalue weighted by Crippen LogP contribution is -2.42. The molecule has 0 aromatic heterocycles. The van der Waals surface area contributed by atoms with Crippen LogP contribution in [0.1, 0.15) is 51.9 Å². The molecule has 1 N–H and O–H groups in total. The van der Waals surface area contributed by atoms with E-state index in [4.69, 9.17) is 4.74 Å². The van der Waals surface area contributed by atoms with Crippen molar-refractivity contribution in [3.63, 3.8) is 0 Å². The molecule has 3 fully saturated rings. The second kappa shape index (κ2) is 7.67. The number of aliphatic imine (C=N–C) groups is 1. The van der Waals surface area contributed by atoms with Gasteiger partial charge in [-0.05, 0) is 31.6 Å². The van der Waals surface area contributed by atoms with Gasteiger partial charge in [0.15, 0.2) is 5.96 Å². The quantitative estimate of drug-likeness (QED) is 0.627. The number of likely N-dealkylation sites (tertiary alicyclic amines) is 1. The zero-order chi connectivity index (χ0) is 15.4. The summed E-state index contributed by atoms with van der Waals surface area (Å²) in [4.78, 5) is 6.97.